The number of H-pyrrole nitrogens is 1. The van der Waals surface area contributed by atoms with Gasteiger partial charge in [0.1, 0.15) is 5.52 Å². The lowest BCUT2D eigenvalue weighted by molar-refractivity contribution is 0.397. The van der Waals surface area contributed by atoms with Crippen LogP contribution in [-0.4, -0.2) is 32.1 Å². The third-order valence-electron chi connectivity index (χ3n) is 2.56. The van der Waals surface area contributed by atoms with Gasteiger partial charge in [0.25, 0.3) is 5.56 Å². The Morgan fingerprint density at radius 2 is 2.17 bits per heavy atom. The number of methoxy groups -OCH3 is 1. The third-order valence-corrected chi connectivity index (χ3v) is 2.56. The maximum Gasteiger partial charge on any atom is 0.297 e. The Bertz CT molecular complexity index is 744. The lowest BCUT2D eigenvalue weighted by Crippen LogP contribution is -2.21. The molecule has 0 fully saturated rings. The molecular weight excluding hydrogens is 234 g/mol. The summed E-state index contributed by atoms with van der Waals surface area (Å²) in [5, 5.41) is 11.2. The van der Waals surface area contributed by atoms with E-state index < -0.39 is 0 Å². The van der Waals surface area contributed by atoms with Crippen LogP contribution in [0.25, 0.3) is 16.6 Å². The number of hydrogen-bond acceptors (Lipinski definition) is 5. The SMILES string of the molecule is COc1ccc(-n2ncc3cn[nH]c3c2=O)cn1. The summed E-state index contributed by atoms with van der Waals surface area (Å²) >= 11 is 0. The Morgan fingerprint density at radius 1 is 1.28 bits per heavy atom. The van der Waals surface area contributed by atoms with E-state index in [0.29, 0.717) is 22.5 Å². The van der Waals surface area contributed by atoms with Crippen molar-refractivity contribution in [3.8, 4) is 11.6 Å². The van der Waals surface area contributed by atoms with Gasteiger partial charge in [-0.25, -0.2) is 4.98 Å². The number of rotatable bonds is 2. The number of pyridine rings is 1. The van der Waals surface area contributed by atoms with Crippen molar-refractivity contribution >= 4 is 10.9 Å². The van der Waals surface area contributed by atoms with Crippen LogP contribution in [0.1, 0.15) is 0 Å². The maximum atomic E-state index is 12.1. The van der Waals surface area contributed by atoms with Crippen molar-refractivity contribution in [2.24, 2.45) is 0 Å². The molecule has 0 aliphatic carbocycles. The second kappa shape index (κ2) is 3.95. The van der Waals surface area contributed by atoms with Gasteiger partial charge in [-0.15, -0.1) is 0 Å². The van der Waals surface area contributed by atoms with Crippen LogP contribution in [0.2, 0.25) is 0 Å². The van der Waals surface area contributed by atoms with Crippen molar-refractivity contribution in [1.29, 1.82) is 0 Å². The molecule has 0 radical (unpaired) electrons. The van der Waals surface area contributed by atoms with Crippen LogP contribution in [0.5, 0.6) is 5.88 Å². The molecule has 0 aromatic carbocycles. The maximum absolute atomic E-state index is 12.1. The van der Waals surface area contributed by atoms with Crippen LogP contribution >= 0.6 is 0 Å². The molecule has 0 bridgehead atoms. The third kappa shape index (κ3) is 1.53. The van der Waals surface area contributed by atoms with Crippen molar-refractivity contribution in [3.05, 3.63) is 41.1 Å². The molecule has 0 amide bonds. The molecule has 1 N–H and O–H groups in total. The van der Waals surface area contributed by atoms with Crippen LogP contribution in [-0.2, 0) is 0 Å². The number of nitrogens with zero attached hydrogens (tertiary/aromatic N) is 4. The predicted molar refractivity (Wildman–Crippen MR) is 63.8 cm³/mol. The van der Waals surface area contributed by atoms with Crippen LogP contribution in [0, 0.1) is 0 Å². The normalized spacial score (nSPS) is 10.7. The molecule has 0 spiro atoms. The van der Waals surface area contributed by atoms with Crippen LogP contribution in [0.4, 0.5) is 0 Å². The summed E-state index contributed by atoms with van der Waals surface area (Å²) in [5.41, 5.74) is 0.718. The number of aromatic nitrogens is 5. The number of aromatic amines is 1. The Hall–Kier alpha value is -2.70. The molecule has 3 aromatic rings. The second-order valence-corrected chi connectivity index (χ2v) is 3.62. The Kier molecular flexibility index (Phi) is 2.30. The van der Waals surface area contributed by atoms with Gasteiger partial charge in [-0.05, 0) is 6.07 Å². The quantitative estimate of drug-likeness (QED) is 0.708. The van der Waals surface area contributed by atoms with Gasteiger partial charge in [-0.1, -0.05) is 0 Å². The molecule has 3 rings (SSSR count). The summed E-state index contributed by atoms with van der Waals surface area (Å²) in [7, 11) is 1.53. The summed E-state index contributed by atoms with van der Waals surface area (Å²) < 4.78 is 6.21. The van der Waals surface area contributed by atoms with Gasteiger partial charge in [-0.2, -0.15) is 14.9 Å². The minimum Gasteiger partial charge on any atom is -0.481 e. The molecular formula is C11H9N5O2. The van der Waals surface area contributed by atoms with Crippen molar-refractivity contribution < 1.29 is 4.74 Å². The number of ether oxygens (including phenoxy) is 1. The highest BCUT2D eigenvalue weighted by atomic mass is 16.5. The van der Waals surface area contributed by atoms with Gasteiger partial charge in [0.2, 0.25) is 5.88 Å². The first kappa shape index (κ1) is 10.5. The molecule has 7 heteroatoms. The number of fused-ring (bicyclic) bond motifs is 1. The van der Waals surface area contributed by atoms with E-state index >= 15 is 0 Å². The topological polar surface area (TPSA) is 85.7 Å². The first-order chi connectivity index (χ1) is 8.79. The highest BCUT2D eigenvalue weighted by molar-refractivity contribution is 5.75. The fourth-order valence-electron chi connectivity index (χ4n) is 1.65. The van der Waals surface area contributed by atoms with Crippen molar-refractivity contribution in [3.63, 3.8) is 0 Å². The van der Waals surface area contributed by atoms with E-state index in [9.17, 15) is 4.79 Å². The summed E-state index contributed by atoms with van der Waals surface area (Å²) in [5.74, 6) is 0.481. The average Bonchev–Trinajstić information content (AvgIpc) is 2.89. The van der Waals surface area contributed by atoms with Crippen molar-refractivity contribution in [2.75, 3.05) is 7.11 Å². The zero-order valence-electron chi connectivity index (χ0n) is 9.49. The monoisotopic (exact) mass is 243 g/mol. The molecule has 0 unspecified atom stereocenters. The smallest absolute Gasteiger partial charge is 0.297 e. The highest BCUT2D eigenvalue weighted by Crippen LogP contribution is 2.10. The first-order valence-corrected chi connectivity index (χ1v) is 5.21. The molecule has 3 aromatic heterocycles. The highest BCUT2D eigenvalue weighted by Gasteiger charge is 2.07. The van der Waals surface area contributed by atoms with E-state index in [1.54, 1.807) is 24.5 Å². The molecule has 0 saturated heterocycles. The van der Waals surface area contributed by atoms with E-state index in [-0.39, 0.29) is 5.56 Å². The van der Waals surface area contributed by atoms with Gasteiger partial charge in [-0.3, -0.25) is 9.89 Å². The summed E-state index contributed by atoms with van der Waals surface area (Å²) in [6.07, 6.45) is 4.65. The van der Waals surface area contributed by atoms with E-state index in [1.807, 2.05) is 0 Å². The van der Waals surface area contributed by atoms with E-state index in [0.717, 1.165) is 0 Å². The zero-order valence-corrected chi connectivity index (χ0v) is 9.49. The molecule has 0 aliphatic rings. The Balaban J connectivity index is 2.18. The molecule has 3 heterocycles. The standard InChI is InChI=1S/C11H9N5O2/c1-18-9-3-2-8(6-12-9)16-11(17)10-7(5-14-16)4-13-15-10/h2-6H,1H3,(H,13,15). The fourth-order valence-corrected chi connectivity index (χ4v) is 1.65. The molecule has 90 valence electrons. The van der Waals surface area contributed by atoms with Gasteiger partial charge < -0.3 is 4.74 Å². The molecule has 18 heavy (non-hydrogen) atoms. The largest absolute Gasteiger partial charge is 0.481 e. The van der Waals surface area contributed by atoms with Crippen LogP contribution in [0.15, 0.2) is 35.5 Å². The molecule has 0 atom stereocenters. The first-order valence-electron chi connectivity index (χ1n) is 5.21. The van der Waals surface area contributed by atoms with E-state index in [2.05, 4.69) is 20.3 Å². The van der Waals surface area contributed by atoms with Crippen molar-refractivity contribution in [1.82, 2.24) is 25.0 Å². The van der Waals surface area contributed by atoms with Gasteiger partial charge in [0.15, 0.2) is 0 Å². The second-order valence-electron chi connectivity index (χ2n) is 3.62. The van der Waals surface area contributed by atoms with Crippen LogP contribution < -0.4 is 10.3 Å². The fraction of sp³-hybridized carbons (Fsp3) is 0.0909. The summed E-state index contributed by atoms with van der Waals surface area (Å²) in [6, 6.07) is 3.38. The minimum absolute atomic E-state index is 0.267. The van der Waals surface area contributed by atoms with Gasteiger partial charge in [0, 0.05) is 11.5 Å². The molecule has 0 saturated carbocycles. The molecule has 0 aliphatic heterocycles. The lowest BCUT2D eigenvalue weighted by atomic mass is 10.3. The Morgan fingerprint density at radius 3 is 2.89 bits per heavy atom. The van der Waals surface area contributed by atoms with E-state index in [4.69, 9.17) is 4.74 Å². The summed E-state index contributed by atoms with van der Waals surface area (Å²) in [6.45, 7) is 0. The van der Waals surface area contributed by atoms with Gasteiger partial charge >= 0.3 is 0 Å². The summed E-state index contributed by atoms with van der Waals surface area (Å²) in [4.78, 5) is 16.1. The zero-order chi connectivity index (χ0) is 12.5. The van der Waals surface area contributed by atoms with E-state index in [1.165, 1.54) is 18.0 Å². The number of hydrogen-bond donors (Lipinski definition) is 1. The number of nitrogens with one attached hydrogen (secondary N) is 1. The van der Waals surface area contributed by atoms with Gasteiger partial charge in [0.05, 0.1) is 31.4 Å². The lowest BCUT2D eigenvalue weighted by Gasteiger charge is -2.04. The average molecular weight is 243 g/mol. The van der Waals surface area contributed by atoms with Crippen LogP contribution in [0.3, 0.4) is 0 Å². The minimum atomic E-state index is -0.267. The predicted octanol–water partition coefficient (Wildman–Crippen LogP) is 0.512. The Labute approximate surface area is 101 Å². The molecule has 7 nitrogen and oxygen atoms in total. The van der Waals surface area contributed by atoms with Crippen molar-refractivity contribution in [2.45, 2.75) is 0 Å².